The van der Waals surface area contributed by atoms with E-state index in [2.05, 4.69) is 9.71 Å². The number of aliphatic hydroxyl groups is 1. The quantitative estimate of drug-likeness (QED) is 0.660. The predicted octanol–water partition coefficient (Wildman–Crippen LogP) is -0.780. The Balaban J connectivity index is 1.98. The summed E-state index contributed by atoms with van der Waals surface area (Å²) in [6, 6.07) is 1.34. The molecule has 3 N–H and O–H groups in total. The van der Waals surface area contributed by atoms with Crippen LogP contribution in [0.4, 0.5) is 0 Å². The van der Waals surface area contributed by atoms with Crippen LogP contribution < -0.4 is 4.72 Å². The van der Waals surface area contributed by atoms with Crippen LogP contribution in [0.2, 0.25) is 0 Å². The van der Waals surface area contributed by atoms with Crippen molar-refractivity contribution in [1.82, 2.24) is 9.71 Å². The average Bonchev–Trinajstić information content (AvgIpc) is 2.93. The lowest BCUT2D eigenvalue weighted by atomic mass is 10.1. The van der Waals surface area contributed by atoms with Crippen LogP contribution in [0.15, 0.2) is 17.2 Å². The standard InChI is InChI=1S/C10H16N2O5S2/c13-6-9-3-10(5-11-9)19(16,17)12-4-8-1-2-18(14,15)7-8/h3,5,8,11-13H,1-2,4,6-7H2. The molecule has 1 aromatic rings. The average molecular weight is 308 g/mol. The SMILES string of the molecule is O=S1(=O)CCC(CNS(=O)(=O)c2c[nH]c(CO)c2)C1. The summed E-state index contributed by atoms with van der Waals surface area (Å²) in [4.78, 5) is 2.68. The lowest BCUT2D eigenvalue weighted by Gasteiger charge is -2.09. The van der Waals surface area contributed by atoms with Crippen molar-refractivity contribution in [2.75, 3.05) is 18.1 Å². The van der Waals surface area contributed by atoms with Crippen LogP contribution in [0.5, 0.6) is 0 Å². The minimum Gasteiger partial charge on any atom is -0.390 e. The van der Waals surface area contributed by atoms with Crippen molar-refractivity contribution in [1.29, 1.82) is 0 Å². The summed E-state index contributed by atoms with van der Waals surface area (Å²) in [6.45, 7) is -0.155. The zero-order valence-electron chi connectivity index (χ0n) is 10.2. The molecule has 9 heteroatoms. The Hall–Kier alpha value is -0.900. The molecule has 1 aliphatic rings. The Morgan fingerprint density at radius 2 is 2.21 bits per heavy atom. The third-order valence-corrected chi connectivity index (χ3v) is 6.33. The Morgan fingerprint density at radius 3 is 2.74 bits per heavy atom. The third kappa shape index (κ3) is 3.56. The first-order valence-electron chi connectivity index (χ1n) is 5.81. The van der Waals surface area contributed by atoms with Gasteiger partial charge in [-0.2, -0.15) is 0 Å². The first kappa shape index (κ1) is 14.5. The minimum atomic E-state index is -3.66. The molecule has 1 unspecified atom stereocenters. The van der Waals surface area contributed by atoms with Gasteiger partial charge >= 0.3 is 0 Å². The zero-order chi connectivity index (χ0) is 14.1. The van der Waals surface area contributed by atoms with Crippen molar-refractivity contribution >= 4 is 19.9 Å². The van der Waals surface area contributed by atoms with Crippen LogP contribution >= 0.6 is 0 Å². The molecule has 0 aromatic carbocycles. The second-order valence-corrected chi connectivity index (χ2v) is 8.64. The molecular formula is C10H16N2O5S2. The van der Waals surface area contributed by atoms with Gasteiger partial charge in [-0.25, -0.2) is 21.6 Å². The summed E-state index contributed by atoms with van der Waals surface area (Å²) in [6.07, 6.45) is 1.78. The number of sulfonamides is 1. The highest BCUT2D eigenvalue weighted by atomic mass is 32.2. The van der Waals surface area contributed by atoms with E-state index in [-0.39, 0.29) is 35.5 Å². The van der Waals surface area contributed by atoms with Crippen molar-refractivity contribution in [2.45, 2.75) is 17.9 Å². The molecule has 19 heavy (non-hydrogen) atoms. The summed E-state index contributed by atoms with van der Waals surface area (Å²) in [7, 11) is -6.66. The fourth-order valence-electron chi connectivity index (χ4n) is 2.01. The maximum atomic E-state index is 11.9. The summed E-state index contributed by atoms with van der Waals surface area (Å²) in [5.41, 5.74) is 0.406. The van der Waals surface area contributed by atoms with Crippen LogP contribution in [0.1, 0.15) is 12.1 Å². The number of aliphatic hydroxyl groups excluding tert-OH is 1. The molecular weight excluding hydrogens is 292 g/mol. The highest BCUT2D eigenvalue weighted by Gasteiger charge is 2.29. The third-order valence-electron chi connectivity index (χ3n) is 3.09. The van der Waals surface area contributed by atoms with Gasteiger partial charge < -0.3 is 10.1 Å². The molecule has 108 valence electrons. The monoisotopic (exact) mass is 308 g/mol. The van der Waals surface area contributed by atoms with Crippen LogP contribution in [-0.4, -0.2) is 45.0 Å². The molecule has 1 saturated heterocycles. The highest BCUT2D eigenvalue weighted by molar-refractivity contribution is 7.91. The van der Waals surface area contributed by atoms with E-state index in [1.165, 1.54) is 12.3 Å². The summed E-state index contributed by atoms with van der Waals surface area (Å²) in [5.74, 6) is -0.0148. The molecule has 0 amide bonds. The van der Waals surface area contributed by atoms with Gasteiger partial charge in [-0.3, -0.25) is 0 Å². The second-order valence-electron chi connectivity index (χ2n) is 4.64. The summed E-state index contributed by atoms with van der Waals surface area (Å²) >= 11 is 0. The number of aromatic nitrogens is 1. The first-order valence-corrected chi connectivity index (χ1v) is 9.11. The second kappa shape index (κ2) is 5.23. The Bertz CT molecular complexity index is 647. The van der Waals surface area contributed by atoms with Crippen LogP contribution in [0.25, 0.3) is 0 Å². The number of hydrogen-bond donors (Lipinski definition) is 3. The molecule has 2 heterocycles. The Labute approximate surface area is 112 Å². The number of sulfone groups is 1. The van der Waals surface area contributed by atoms with E-state index in [4.69, 9.17) is 5.11 Å². The first-order chi connectivity index (χ1) is 8.82. The number of H-pyrrole nitrogens is 1. The van der Waals surface area contributed by atoms with Crippen molar-refractivity contribution in [3.05, 3.63) is 18.0 Å². The normalized spacial score (nSPS) is 22.7. The van der Waals surface area contributed by atoms with Gasteiger partial charge in [-0.05, 0) is 18.4 Å². The van der Waals surface area contributed by atoms with E-state index < -0.39 is 19.9 Å². The molecule has 1 fully saturated rings. The van der Waals surface area contributed by atoms with E-state index in [0.29, 0.717) is 12.1 Å². The van der Waals surface area contributed by atoms with Gasteiger partial charge in [0.1, 0.15) is 0 Å². The van der Waals surface area contributed by atoms with Gasteiger partial charge in [-0.1, -0.05) is 0 Å². The van der Waals surface area contributed by atoms with Gasteiger partial charge in [0.2, 0.25) is 10.0 Å². The van der Waals surface area contributed by atoms with Gasteiger partial charge in [0.15, 0.2) is 9.84 Å². The van der Waals surface area contributed by atoms with Gasteiger partial charge in [-0.15, -0.1) is 0 Å². The predicted molar refractivity (Wildman–Crippen MR) is 68.7 cm³/mol. The topological polar surface area (TPSA) is 116 Å². The molecule has 1 aromatic heterocycles. The zero-order valence-corrected chi connectivity index (χ0v) is 11.8. The fraction of sp³-hybridized carbons (Fsp3) is 0.600. The van der Waals surface area contributed by atoms with E-state index in [1.54, 1.807) is 0 Å². The summed E-state index contributed by atoms with van der Waals surface area (Å²) < 4.78 is 48.8. The molecule has 1 aliphatic heterocycles. The smallest absolute Gasteiger partial charge is 0.242 e. The van der Waals surface area contributed by atoms with Gasteiger partial charge in [0, 0.05) is 18.4 Å². The number of hydrogen-bond acceptors (Lipinski definition) is 5. The van der Waals surface area contributed by atoms with Crippen molar-refractivity contribution in [3.8, 4) is 0 Å². The Kier molecular flexibility index (Phi) is 4.00. The van der Waals surface area contributed by atoms with E-state index in [9.17, 15) is 16.8 Å². The lowest BCUT2D eigenvalue weighted by molar-refractivity contribution is 0.277. The Morgan fingerprint density at radius 1 is 1.47 bits per heavy atom. The summed E-state index contributed by atoms with van der Waals surface area (Å²) in [5, 5.41) is 8.86. The van der Waals surface area contributed by atoms with Crippen LogP contribution in [0.3, 0.4) is 0 Å². The molecule has 1 atom stereocenters. The van der Waals surface area contributed by atoms with Crippen molar-refractivity contribution < 1.29 is 21.9 Å². The molecule has 0 spiro atoms. The van der Waals surface area contributed by atoms with Crippen molar-refractivity contribution in [2.24, 2.45) is 5.92 Å². The highest BCUT2D eigenvalue weighted by Crippen LogP contribution is 2.18. The van der Waals surface area contributed by atoms with E-state index in [1.807, 2.05) is 0 Å². The van der Waals surface area contributed by atoms with Crippen LogP contribution in [-0.2, 0) is 26.5 Å². The molecule has 0 aliphatic carbocycles. The lowest BCUT2D eigenvalue weighted by Crippen LogP contribution is -2.29. The van der Waals surface area contributed by atoms with E-state index in [0.717, 1.165) is 0 Å². The number of aromatic amines is 1. The van der Waals surface area contributed by atoms with Crippen LogP contribution in [0, 0.1) is 5.92 Å². The minimum absolute atomic E-state index is 0.0323. The number of nitrogens with one attached hydrogen (secondary N) is 2. The molecule has 0 radical (unpaired) electrons. The largest absolute Gasteiger partial charge is 0.390 e. The van der Waals surface area contributed by atoms with Gasteiger partial charge in [0.05, 0.1) is 23.0 Å². The number of rotatable bonds is 5. The molecule has 2 rings (SSSR count). The molecule has 7 nitrogen and oxygen atoms in total. The molecule has 0 bridgehead atoms. The van der Waals surface area contributed by atoms with Crippen molar-refractivity contribution in [3.63, 3.8) is 0 Å². The fourth-order valence-corrected chi connectivity index (χ4v) is 5.00. The van der Waals surface area contributed by atoms with Gasteiger partial charge in [0.25, 0.3) is 0 Å². The maximum absolute atomic E-state index is 11.9. The van der Waals surface area contributed by atoms with E-state index >= 15 is 0 Å². The maximum Gasteiger partial charge on any atom is 0.242 e. The molecule has 0 saturated carbocycles.